The minimum absolute atomic E-state index is 0.893. The second kappa shape index (κ2) is 7.54. The second-order valence-electron chi connectivity index (χ2n) is 7.02. The highest BCUT2D eigenvalue weighted by Crippen LogP contribution is 2.36. The molecule has 3 nitrogen and oxygen atoms in total. The monoisotopic (exact) mass is 324 g/mol. The van der Waals surface area contributed by atoms with Gasteiger partial charge in [0.25, 0.3) is 0 Å². The summed E-state index contributed by atoms with van der Waals surface area (Å²) in [5, 5.41) is 0. The van der Waals surface area contributed by atoms with Crippen LogP contribution in [0.1, 0.15) is 31.2 Å². The molecule has 1 fully saturated rings. The average molecular weight is 324 g/mol. The first kappa shape index (κ1) is 15.9. The molecule has 0 atom stereocenters. The number of hydrogen-bond donors (Lipinski definition) is 0. The van der Waals surface area contributed by atoms with E-state index >= 15 is 0 Å². The number of anilines is 1. The van der Waals surface area contributed by atoms with Gasteiger partial charge >= 0.3 is 0 Å². The second-order valence-corrected chi connectivity index (χ2v) is 7.02. The summed E-state index contributed by atoms with van der Waals surface area (Å²) in [7, 11) is 0. The van der Waals surface area contributed by atoms with Crippen molar-refractivity contribution in [3.05, 3.63) is 53.3 Å². The number of aryl methyl sites for hydroxylation is 1. The maximum absolute atomic E-state index is 5.46. The topological polar surface area (TPSA) is 15.7 Å². The van der Waals surface area contributed by atoms with E-state index in [-0.39, 0.29) is 0 Å². The molecule has 2 aliphatic heterocycles. The lowest BCUT2D eigenvalue weighted by molar-refractivity contribution is 0.0377. The minimum Gasteiger partial charge on any atom is -0.379 e. The average Bonchev–Trinajstić information content (AvgIpc) is 2.80. The van der Waals surface area contributed by atoms with E-state index in [1.807, 2.05) is 0 Å². The highest BCUT2D eigenvalue weighted by atomic mass is 16.5. The minimum atomic E-state index is 0.893. The third-order valence-corrected chi connectivity index (χ3v) is 5.48. The molecule has 3 heteroatoms. The van der Waals surface area contributed by atoms with Crippen LogP contribution in [-0.4, -0.2) is 44.3 Å². The predicted molar refractivity (Wildman–Crippen MR) is 99.4 cm³/mol. The van der Waals surface area contributed by atoms with Crippen molar-refractivity contribution in [2.75, 3.05) is 44.3 Å². The van der Waals surface area contributed by atoms with Crippen LogP contribution >= 0.6 is 0 Å². The van der Waals surface area contributed by atoms with Crippen LogP contribution in [0.3, 0.4) is 0 Å². The lowest BCUT2D eigenvalue weighted by Gasteiger charge is -2.31. The fourth-order valence-corrected chi connectivity index (χ4v) is 4.15. The van der Waals surface area contributed by atoms with Crippen molar-refractivity contribution in [1.82, 2.24) is 4.90 Å². The molecule has 4 rings (SSSR count). The van der Waals surface area contributed by atoms with Crippen molar-refractivity contribution in [1.29, 1.82) is 0 Å². The molecule has 1 aliphatic carbocycles. The molecule has 128 valence electrons. The van der Waals surface area contributed by atoms with E-state index in [1.54, 1.807) is 5.57 Å². The van der Waals surface area contributed by atoms with Gasteiger partial charge in [0.05, 0.1) is 13.2 Å². The van der Waals surface area contributed by atoms with Crippen molar-refractivity contribution in [2.45, 2.75) is 32.1 Å². The molecule has 1 saturated heterocycles. The highest BCUT2D eigenvalue weighted by molar-refractivity contribution is 5.62. The zero-order valence-corrected chi connectivity index (χ0v) is 14.5. The first-order chi connectivity index (χ1) is 11.9. The molecule has 0 amide bonds. The Kier molecular flexibility index (Phi) is 5.00. The van der Waals surface area contributed by atoms with Crippen molar-refractivity contribution in [2.24, 2.45) is 0 Å². The van der Waals surface area contributed by atoms with Crippen molar-refractivity contribution >= 4 is 5.69 Å². The third-order valence-electron chi connectivity index (χ3n) is 5.48. The summed E-state index contributed by atoms with van der Waals surface area (Å²) in [5.74, 6) is 0. The Hall–Kier alpha value is -1.58. The number of allylic oxidation sites excluding steroid dienone is 3. The summed E-state index contributed by atoms with van der Waals surface area (Å²) < 4.78 is 5.46. The number of hydrogen-bond acceptors (Lipinski definition) is 3. The maximum atomic E-state index is 5.46. The molecule has 0 aromatic heterocycles. The lowest BCUT2D eigenvalue weighted by Crippen LogP contribution is -2.38. The first-order valence-electron chi connectivity index (χ1n) is 9.46. The number of rotatable bonds is 4. The Morgan fingerprint density at radius 2 is 1.83 bits per heavy atom. The molecule has 1 aromatic rings. The van der Waals surface area contributed by atoms with Crippen molar-refractivity contribution in [3.63, 3.8) is 0 Å². The maximum Gasteiger partial charge on any atom is 0.0594 e. The molecule has 3 aliphatic rings. The van der Waals surface area contributed by atoms with Gasteiger partial charge in [-0.2, -0.15) is 0 Å². The highest BCUT2D eigenvalue weighted by Gasteiger charge is 2.22. The predicted octanol–water partition coefficient (Wildman–Crippen LogP) is 3.77. The van der Waals surface area contributed by atoms with Crippen LogP contribution in [-0.2, 0) is 11.2 Å². The standard InChI is InChI=1S/C21H28N2O/c1-3-8-20-18(6-1)10-11-19-7-2-4-9-21(19)23(20)13-5-12-22-14-16-24-17-15-22/h1,3-4,6,8-9H,2,5,7,10-17H2. The van der Waals surface area contributed by atoms with Crippen molar-refractivity contribution < 1.29 is 4.74 Å². The number of ether oxygens (including phenoxy) is 1. The van der Waals surface area contributed by atoms with Crippen molar-refractivity contribution in [3.8, 4) is 0 Å². The van der Waals surface area contributed by atoms with Gasteiger partial charge in [-0.15, -0.1) is 0 Å². The fourth-order valence-electron chi connectivity index (χ4n) is 4.15. The van der Waals surface area contributed by atoms with E-state index in [0.717, 1.165) is 32.8 Å². The quantitative estimate of drug-likeness (QED) is 0.838. The van der Waals surface area contributed by atoms with E-state index in [9.17, 15) is 0 Å². The molecule has 0 radical (unpaired) electrons. The van der Waals surface area contributed by atoms with Crippen LogP contribution < -0.4 is 4.90 Å². The molecule has 1 aromatic carbocycles. The Morgan fingerprint density at radius 1 is 0.958 bits per heavy atom. The van der Waals surface area contributed by atoms with E-state index in [1.165, 1.54) is 55.6 Å². The van der Waals surface area contributed by atoms with Crippen LogP contribution in [0.4, 0.5) is 5.69 Å². The number of fused-ring (bicyclic) bond motifs is 1. The van der Waals surface area contributed by atoms with Gasteiger partial charge in [0.15, 0.2) is 0 Å². The number of benzene rings is 1. The fraction of sp³-hybridized carbons (Fsp3) is 0.524. The number of morpholine rings is 1. The van der Waals surface area contributed by atoms with Gasteiger partial charge in [-0.25, -0.2) is 0 Å². The molecule has 0 N–H and O–H groups in total. The zero-order valence-electron chi connectivity index (χ0n) is 14.5. The summed E-state index contributed by atoms with van der Waals surface area (Å²) in [6.45, 7) is 6.25. The number of nitrogens with zero attached hydrogens (tertiary/aromatic N) is 2. The van der Waals surface area contributed by atoms with E-state index < -0.39 is 0 Å². The molecule has 0 spiro atoms. The summed E-state index contributed by atoms with van der Waals surface area (Å²) in [6.07, 6.45) is 10.8. The summed E-state index contributed by atoms with van der Waals surface area (Å²) in [6, 6.07) is 8.99. The molecule has 0 saturated carbocycles. The Balaban J connectivity index is 1.51. The Morgan fingerprint density at radius 3 is 2.75 bits per heavy atom. The smallest absolute Gasteiger partial charge is 0.0594 e. The van der Waals surface area contributed by atoms with Crippen LogP contribution in [0.5, 0.6) is 0 Å². The summed E-state index contributed by atoms with van der Waals surface area (Å²) in [4.78, 5) is 5.13. The molecular weight excluding hydrogens is 296 g/mol. The van der Waals surface area contributed by atoms with Gasteiger partial charge in [0.2, 0.25) is 0 Å². The van der Waals surface area contributed by atoms with Gasteiger partial charge in [0, 0.05) is 37.6 Å². The largest absolute Gasteiger partial charge is 0.379 e. The van der Waals surface area contributed by atoms with E-state index in [4.69, 9.17) is 4.74 Å². The van der Waals surface area contributed by atoms with Crippen LogP contribution in [0.25, 0.3) is 0 Å². The first-order valence-corrected chi connectivity index (χ1v) is 9.46. The Labute approximate surface area is 145 Å². The number of para-hydroxylation sites is 1. The third kappa shape index (κ3) is 3.42. The lowest BCUT2D eigenvalue weighted by atomic mass is 9.97. The van der Waals surface area contributed by atoms with Gasteiger partial charge < -0.3 is 9.64 Å². The molecular formula is C21H28N2O. The molecule has 0 unspecified atom stereocenters. The molecule has 2 heterocycles. The zero-order chi connectivity index (χ0) is 16.2. The molecule has 0 bridgehead atoms. The van der Waals surface area contributed by atoms with Gasteiger partial charge in [-0.05, 0) is 55.4 Å². The summed E-state index contributed by atoms with van der Waals surface area (Å²) >= 11 is 0. The normalized spacial score (nSPS) is 21.4. The van der Waals surface area contributed by atoms with Crippen LogP contribution in [0.15, 0.2) is 47.7 Å². The molecule has 24 heavy (non-hydrogen) atoms. The Bertz CT molecular complexity index is 628. The van der Waals surface area contributed by atoms with Gasteiger partial charge in [-0.1, -0.05) is 24.3 Å². The van der Waals surface area contributed by atoms with E-state index in [0.29, 0.717) is 0 Å². The van der Waals surface area contributed by atoms with E-state index in [2.05, 4.69) is 46.2 Å². The van der Waals surface area contributed by atoms with Gasteiger partial charge in [0.1, 0.15) is 0 Å². The van der Waals surface area contributed by atoms with Gasteiger partial charge in [-0.3, -0.25) is 4.90 Å². The van der Waals surface area contributed by atoms with Crippen LogP contribution in [0, 0.1) is 0 Å². The van der Waals surface area contributed by atoms with Crippen LogP contribution in [0.2, 0.25) is 0 Å². The SMILES string of the molecule is C1=CC2=C(CC1)CCc1ccccc1N2CCCN1CCOCC1. The summed E-state index contributed by atoms with van der Waals surface area (Å²) in [5.41, 5.74) is 6.07.